The molecule has 60 valence electrons. The third-order valence-electron chi connectivity index (χ3n) is 1.82. The summed E-state index contributed by atoms with van der Waals surface area (Å²) in [6.45, 7) is 0. The Morgan fingerprint density at radius 3 is 3.00 bits per heavy atom. The van der Waals surface area contributed by atoms with Crippen LogP contribution >= 0.6 is 0 Å². The summed E-state index contributed by atoms with van der Waals surface area (Å²) in [5.74, 6) is 0.196. The number of nitrogens with one attached hydrogen (secondary N) is 1. The number of phenolic OH excluding ortho intramolecular Hbond substituents is 1. The minimum atomic E-state index is 0.196. The van der Waals surface area contributed by atoms with Crippen molar-refractivity contribution in [1.82, 2.24) is 4.98 Å². The molecule has 12 heavy (non-hydrogen) atoms. The average molecular weight is 161 g/mol. The third-order valence-corrected chi connectivity index (χ3v) is 1.82. The highest BCUT2D eigenvalue weighted by molar-refractivity contribution is 5.97. The number of carbonyl (C=O) groups excluding carboxylic acids is 1. The number of hydrogen-bond donors (Lipinski definition) is 2. The number of fused-ring (bicyclic) bond motifs is 1. The van der Waals surface area contributed by atoms with Gasteiger partial charge in [-0.15, -0.1) is 0 Å². The number of aldehydes is 1. The van der Waals surface area contributed by atoms with Gasteiger partial charge in [-0.2, -0.15) is 0 Å². The quantitative estimate of drug-likeness (QED) is 0.625. The van der Waals surface area contributed by atoms with Crippen LogP contribution in [-0.2, 0) is 0 Å². The zero-order valence-electron chi connectivity index (χ0n) is 6.24. The molecule has 0 bridgehead atoms. The Labute approximate surface area is 68.6 Å². The van der Waals surface area contributed by atoms with Gasteiger partial charge < -0.3 is 10.1 Å². The highest BCUT2D eigenvalue weighted by atomic mass is 16.3. The number of aromatic amines is 1. The smallest absolute Gasteiger partial charge is 0.152 e. The lowest BCUT2D eigenvalue weighted by Gasteiger charge is -1.91. The van der Waals surface area contributed by atoms with Crippen molar-refractivity contribution in [1.29, 1.82) is 0 Å². The molecule has 0 atom stereocenters. The van der Waals surface area contributed by atoms with E-state index in [1.807, 2.05) is 0 Å². The second-order valence-corrected chi connectivity index (χ2v) is 2.59. The Bertz CT molecular complexity index is 431. The first-order valence-corrected chi connectivity index (χ1v) is 3.56. The predicted octanol–water partition coefficient (Wildman–Crippen LogP) is 1.69. The van der Waals surface area contributed by atoms with Crippen molar-refractivity contribution in [2.24, 2.45) is 0 Å². The van der Waals surface area contributed by atoms with E-state index in [0.29, 0.717) is 5.56 Å². The number of aromatic nitrogens is 1. The van der Waals surface area contributed by atoms with Gasteiger partial charge in [0.1, 0.15) is 5.75 Å². The molecule has 0 fully saturated rings. The van der Waals surface area contributed by atoms with Gasteiger partial charge in [0.25, 0.3) is 0 Å². The first kappa shape index (κ1) is 6.91. The van der Waals surface area contributed by atoms with Gasteiger partial charge in [0, 0.05) is 28.7 Å². The maximum atomic E-state index is 10.5. The van der Waals surface area contributed by atoms with E-state index in [-0.39, 0.29) is 5.75 Å². The van der Waals surface area contributed by atoms with Crippen LogP contribution in [0.15, 0.2) is 24.4 Å². The second kappa shape index (κ2) is 2.37. The van der Waals surface area contributed by atoms with Crippen molar-refractivity contribution in [3.8, 4) is 5.75 Å². The summed E-state index contributed by atoms with van der Waals surface area (Å²) in [6, 6.07) is 4.86. The number of rotatable bonds is 1. The first-order valence-electron chi connectivity index (χ1n) is 3.56. The van der Waals surface area contributed by atoms with Crippen LogP contribution in [0, 0.1) is 0 Å². The van der Waals surface area contributed by atoms with Gasteiger partial charge in [-0.05, 0) is 12.1 Å². The van der Waals surface area contributed by atoms with E-state index in [0.717, 1.165) is 17.2 Å². The summed E-state index contributed by atoms with van der Waals surface area (Å²) in [6.07, 6.45) is 2.41. The lowest BCUT2D eigenvalue weighted by Crippen LogP contribution is -1.73. The SMILES string of the molecule is O=Cc1c[nH]c2cc(O)ccc12. The molecule has 1 heterocycles. The molecule has 2 aromatic rings. The Morgan fingerprint density at radius 2 is 2.25 bits per heavy atom. The van der Waals surface area contributed by atoms with Gasteiger partial charge in [0.05, 0.1) is 0 Å². The lowest BCUT2D eigenvalue weighted by molar-refractivity contribution is 0.112. The number of benzene rings is 1. The van der Waals surface area contributed by atoms with Crippen LogP contribution in [-0.4, -0.2) is 16.4 Å². The van der Waals surface area contributed by atoms with Crippen LogP contribution in [0.25, 0.3) is 10.9 Å². The number of phenols is 1. The normalized spacial score (nSPS) is 10.3. The van der Waals surface area contributed by atoms with Crippen LogP contribution < -0.4 is 0 Å². The number of H-pyrrole nitrogens is 1. The van der Waals surface area contributed by atoms with E-state index in [4.69, 9.17) is 5.11 Å². The van der Waals surface area contributed by atoms with Crippen LogP contribution in [0.2, 0.25) is 0 Å². The maximum absolute atomic E-state index is 10.5. The van der Waals surface area contributed by atoms with Crippen LogP contribution in [0.1, 0.15) is 10.4 Å². The van der Waals surface area contributed by atoms with E-state index in [1.54, 1.807) is 24.4 Å². The van der Waals surface area contributed by atoms with Crippen molar-refractivity contribution < 1.29 is 9.90 Å². The molecule has 1 aromatic carbocycles. The summed E-state index contributed by atoms with van der Waals surface area (Å²) in [7, 11) is 0. The first-order chi connectivity index (χ1) is 5.81. The molecule has 0 radical (unpaired) electrons. The van der Waals surface area contributed by atoms with Crippen molar-refractivity contribution >= 4 is 17.2 Å². The standard InChI is InChI=1S/C9H7NO2/c11-5-6-4-10-9-3-7(12)1-2-8(6)9/h1-5,10,12H. The van der Waals surface area contributed by atoms with E-state index < -0.39 is 0 Å². The average Bonchev–Trinajstić information content (AvgIpc) is 2.46. The minimum absolute atomic E-state index is 0.196. The summed E-state index contributed by atoms with van der Waals surface area (Å²) in [5.41, 5.74) is 1.39. The van der Waals surface area contributed by atoms with E-state index in [2.05, 4.69) is 4.98 Å². The molecule has 0 saturated carbocycles. The molecule has 0 aliphatic rings. The molecule has 0 unspecified atom stereocenters. The number of hydrogen-bond acceptors (Lipinski definition) is 2. The Kier molecular flexibility index (Phi) is 1.37. The van der Waals surface area contributed by atoms with E-state index in [9.17, 15) is 4.79 Å². The zero-order chi connectivity index (χ0) is 8.55. The zero-order valence-corrected chi connectivity index (χ0v) is 6.24. The van der Waals surface area contributed by atoms with Crippen molar-refractivity contribution in [3.63, 3.8) is 0 Å². The predicted molar refractivity (Wildman–Crippen MR) is 45.4 cm³/mol. The van der Waals surface area contributed by atoms with E-state index >= 15 is 0 Å². The summed E-state index contributed by atoms with van der Waals surface area (Å²) >= 11 is 0. The van der Waals surface area contributed by atoms with Gasteiger partial charge in [0.15, 0.2) is 6.29 Å². The van der Waals surface area contributed by atoms with Crippen molar-refractivity contribution in [2.75, 3.05) is 0 Å². The molecule has 0 spiro atoms. The topological polar surface area (TPSA) is 53.1 Å². The van der Waals surface area contributed by atoms with Gasteiger partial charge in [-0.1, -0.05) is 0 Å². The molecule has 2 N–H and O–H groups in total. The fourth-order valence-electron chi connectivity index (χ4n) is 1.23. The fourth-order valence-corrected chi connectivity index (χ4v) is 1.23. The van der Waals surface area contributed by atoms with Gasteiger partial charge in [-0.25, -0.2) is 0 Å². The molecule has 3 heteroatoms. The maximum Gasteiger partial charge on any atom is 0.152 e. The minimum Gasteiger partial charge on any atom is -0.508 e. The van der Waals surface area contributed by atoms with E-state index in [1.165, 1.54) is 0 Å². The van der Waals surface area contributed by atoms with Gasteiger partial charge in [-0.3, -0.25) is 4.79 Å². The highest BCUT2D eigenvalue weighted by Gasteiger charge is 2.01. The summed E-state index contributed by atoms with van der Waals surface area (Å²) in [4.78, 5) is 13.4. The van der Waals surface area contributed by atoms with Crippen LogP contribution in [0.4, 0.5) is 0 Å². The Balaban J connectivity index is 2.81. The third kappa shape index (κ3) is 0.871. The number of aromatic hydroxyl groups is 1. The second-order valence-electron chi connectivity index (χ2n) is 2.59. The Hall–Kier alpha value is -1.77. The highest BCUT2D eigenvalue weighted by Crippen LogP contribution is 2.20. The summed E-state index contributed by atoms with van der Waals surface area (Å²) < 4.78 is 0. The molecule has 2 rings (SSSR count). The van der Waals surface area contributed by atoms with Crippen LogP contribution in [0.5, 0.6) is 5.75 Å². The molecule has 0 aliphatic carbocycles. The van der Waals surface area contributed by atoms with Gasteiger partial charge >= 0.3 is 0 Å². The lowest BCUT2D eigenvalue weighted by atomic mass is 10.2. The summed E-state index contributed by atoms with van der Waals surface area (Å²) in [5, 5.41) is 9.94. The number of carbonyl (C=O) groups is 1. The fraction of sp³-hybridized carbons (Fsp3) is 0. The molecule has 0 aliphatic heterocycles. The largest absolute Gasteiger partial charge is 0.508 e. The van der Waals surface area contributed by atoms with Crippen LogP contribution in [0.3, 0.4) is 0 Å². The molecular weight excluding hydrogens is 154 g/mol. The molecular formula is C9H7NO2. The van der Waals surface area contributed by atoms with Crippen molar-refractivity contribution in [2.45, 2.75) is 0 Å². The Morgan fingerprint density at radius 1 is 1.42 bits per heavy atom. The van der Waals surface area contributed by atoms with Gasteiger partial charge in [0.2, 0.25) is 0 Å². The van der Waals surface area contributed by atoms with Crippen molar-refractivity contribution in [3.05, 3.63) is 30.0 Å². The molecule has 1 aromatic heterocycles. The molecule has 0 amide bonds. The molecule has 3 nitrogen and oxygen atoms in total. The molecule has 0 saturated heterocycles. The monoisotopic (exact) mass is 161 g/mol.